The second kappa shape index (κ2) is 6.46. The lowest BCUT2D eigenvalue weighted by Gasteiger charge is -2.27. The van der Waals surface area contributed by atoms with Gasteiger partial charge in [-0.05, 0) is 24.3 Å². The molecule has 1 aromatic rings. The molecule has 2 heteroatoms. The molecule has 1 nitrogen and oxygen atoms in total. The van der Waals surface area contributed by atoms with Gasteiger partial charge in [-0.25, -0.2) is 0 Å². The highest BCUT2D eigenvalue weighted by Crippen LogP contribution is 2.33. The molecule has 0 amide bonds. The zero-order valence-electron chi connectivity index (χ0n) is 10.5. The molecule has 0 heterocycles. The summed E-state index contributed by atoms with van der Waals surface area (Å²) in [5, 5.41) is 10.9. The summed E-state index contributed by atoms with van der Waals surface area (Å²) < 4.78 is 0. The van der Waals surface area contributed by atoms with Crippen molar-refractivity contribution in [2.24, 2.45) is 5.92 Å². The highest BCUT2D eigenvalue weighted by Gasteiger charge is 2.20. The molecule has 0 radical (unpaired) electrons. The Morgan fingerprint density at radius 3 is 2.76 bits per heavy atom. The van der Waals surface area contributed by atoms with Crippen LogP contribution in [0.15, 0.2) is 30.3 Å². The molecule has 0 aromatic heterocycles. The minimum absolute atomic E-state index is 0.307. The highest BCUT2D eigenvalue weighted by atomic mass is 32.2. The van der Waals surface area contributed by atoms with Gasteiger partial charge in [0.25, 0.3) is 0 Å². The maximum atomic E-state index is 10.1. The van der Waals surface area contributed by atoms with Crippen LogP contribution in [0.2, 0.25) is 0 Å². The van der Waals surface area contributed by atoms with Crippen molar-refractivity contribution in [1.82, 2.24) is 0 Å². The van der Waals surface area contributed by atoms with Crippen LogP contribution in [0.4, 0.5) is 0 Å². The van der Waals surface area contributed by atoms with Crippen molar-refractivity contribution in [3.8, 4) is 0 Å². The summed E-state index contributed by atoms with van der Waals surface area (Å²) in [7, 11) is 0. The Morgan fingerprint density at radius 2 is 2.06 bits per heavy atom. The average molecular weight is 250 g/mol. The molecule has 1 saturated carbocycles. The van der Waals surface area contributed by atoms with Crippen LogP contribution in [0.5, 0.6) is 0 Å². The van der Waals surface area contributed by atoms with E-state index in [2.05, 4.69) is 6.92 Å². The molecule has 1 aliphatic rings. The maximum absolute atomic E-state index is 10.1. The molecule has 94 valence electrons. The first kappa shape index (κ1) is 13.0. The molecule has 3 atom stereocenters. The number of aliphatic hydroxyl groups excluding tert-OH is 1. The third-order valence-electron chi connectivity index (χ3n) is 3.56. The topological polar surface area (TPSA) is 20.2 Å². The summed E-state index contributed by atoms with van der Waals surface area (Å²) in [6, 6.07) is 9.99. The van der Waals surface area contributed by atoms with Gasteiger partial charge in [-0.2, -0.15) is 11.8 Å². The van der Waals surface area contributed by atoms with Crippen LogP contribution in [0.25, 0.3) is 0 Å². The van der Waals surface area contributed by atoms with E-state index in [0.29, 0.717) is 0 Å². The number of hydrogen-bond acceptors (Lipinski definition) is 2. The van der Waals surface area contributed by atoms with Crippen molar-refractivity contribution in [2.75, 3.05) is 5.75 Å². The van der Waals surface area contributed by atoms with E-state index in [-0.39, 0.29) is 6.10 Å². The molecule has 17 heavy (non-hydrogen) atoms. The van der Waals surface area contributed by atoms with E-state index in [9.17, 15) is 5.11 Å². The van der Waals surface area contributed by atoms with Crippen molar-refractivity contribution < 1.29 is 5.11 Å². The SMILES string of the molecule is CC1CCCC(SCC(O)c2ccccc2)C1. The van der Waals surface area contributed by atoms with Crippen molar-refractivity contribution in [1.29, 1.82) is 0 Å². The number of aliphatic hydroxyl groups is 1. The van der Waals surface area contributed by atoms with Crippen LogP contribution in [0, 0.1) is 5.92 Å². The first-order chi connectivity index (χ1) is 8.25. The van der Waals surface area contributed by atoms with Crippen molar-refractivity contribution in [3.63, 3.8) is 0 Å². The monoisotopic (exact) mass is 250 g/mol. The Morgan fingerprint density at radius 1 is 1.29 bits per heavy atom. The lowest BCUT2D eigenvalue weighted by Crippen LogP contribution is -2.16. The molecule has 1 N–H and O–H groups in total. The second-order valence-electron chi connectivity index (χ2n) is 5.15. The van der Waals surface area contributed by atoms with E-state index in [4.69, 9.17) is 0 Å². The summed E-state index contributed by atoms with van der Waals surface area (Å²) in [5.74, 6) is 1.71. The fourth-order valence-electron chi connectivity index (χ4n) is 2.53. The largest absolute Gasteiger partial charge is 0.388 e. The van der Waals surface area contributed by atoms with Gasteiger partial charge in [0, 0.05) is 11.0 Å². The van der Waals surface area contributed by atoms with Crippen molar-refractivity contribution in [3.05, 3.63) is 35.9 Å². The molecule has 0 spiro atoms. The van der Waals surface area contributed by atoms with Gasteiger partial charge in [-0.1, -0.05) is 50.1 Å². The van der Waals surface area contributed by atoms with Crippen molar-refractivity contribution in [2.45, 2.75) is 44.0 Å². The Labute approximate surface area is 109 Å². The van der Waals surface area contributed by atoms with Crippen molar-refractivity contribution >= 4 is 11.8 Å². The molecule has 0 saturated heterocycles. The van der Waals surface area contributed by atoms with Gasteiger partial charge < -0.3 is 5.11 Å². The van der Waals surface area contributed by atoms with E-state index >= 15 is 0 Å². The number of thioether (sulfide) groups is 1. The third-order valence-corrected chi connectivity index (χ3v) is 4.97. The van der Waals surface area contributed by atoms with E-state index < -0.39 is 0 Å². The van der Waals surface area contributed by atoms with Gasteiger partial charge in [0.15, 0.2) is 0 Å². The Kier molecular flexibility index (Phi) is 4.93. The molecular formula is C15H22OS. The lowest BCUT2D eigenvalue weighted by molar-refractivity contribution is 0.203. The smallest absolute Gasteiger partial charge is 0.0880 e. The standard InChI is InChI=1S/C15H22OS/c1-12-6-5-9-14(10-12)17-11-15(16)13-7-3-2-4-8-13/h2-4,7-8,12,14-16H,5-6,9-11H2,1H3. The van der Waals surface area contributed by atoms with Gasteiger partial charge in [0.05, 0.1) is 6.10 Å². The Bertz CT molecular complexity index is 325. The zero-order chi connectivity index (χ0) is 12.1. The van der Waals surface area contributed by atoms with Crippen LogP contribution in [0.1, 0.15) is 44.3 Å². The van der Waals surface area contributed by atoms with E-state index in [1.807, 2.05) is 42.1 Å². The van der Waals surface area contributed by atoms with Gasteiger partial charge in [0.2, 0.25) is 0 Å². The fourth-order valence-corrected chi connectivity index (χ4v) is 3.97. The van der Waals surface area contributed by atoms with E-state index in [1.54, 1.807) is 0 Å². The summed E-state index contributed by atoms with van der Waals surface area (Å²) >= 11 is 1.95. The minimum Gasteiger partial charge on any atom is -0.388 e. The van der Waals surface area contributed by atoms with Crippen LogP contribution < -0.4 is 0 Å². The molecular weight excluding hydrogens is 228 g/mol. The van der Waals surface area contributed by atoms with E-state index in [1.165, 1.54) is 25.7 Å². The highest BCUT2D eigenvalue weighted by molar-refractivity contribution is 7.99. The predicted molar refractivity (Wildman–Crippen MR) is 75.3 cm³/mol. The number of rotatable bonds is 4. The first-order valence-electron chi connectivity index (χ1n) is 6.60. The maximum Gasteiger partial charge on any atom is 0.0880 e. The molecule has 3 unspecified atom stereocenters. The van der Waals surface area contributed by atoms with Gasteiger partial charge in [0.1, 0.15) is 0 Å². The summed E-state index contributed by atoms with van der Waals surface area (Å²) in [6.07, 6.45) is 5.10. The van der Waals surface area contributed by atoms with Crippen LogP contribution in [-0.2, 0) is 0 Å². The summed E-state index contributed by atoms with van der Waals surface area (Å²) in [4.78, 5) is 0. The average Bonchev–Trinajstić information content (AvgIpc) is 2.37. The molecule has 0 aliphatic heterocycles. The Hall–Kier alpha value is -0.470. The Balaban J connectivity index is 1.78. The quantitative estimate of drug-likeness (QED) is 0.870. The number of benzene rings is 1. The number of hydrogen-bond donors (Lipinski definition) is 1. The van der Waals surface area contributed by atoms with Crippen LogP contribution >= 0.6 is 11.8 Å². The van der Waals surface area contributed by atoms with Crippen LogP contribution in [0.3, 0.4) is 0 Å². The zero-order valence-corrected chi connectivity index (χ0v) is 11.3. The lowest BCUT2D eigenvalue weighted by atomic mass is 9.91. The first-order valence-corrected chi connectivity index (χ1v) is 7.65. The third kappa shape index (κ3) is 4.04. The predicted octanol–water partition coefficient (Wildman–Crippen LogP) is 4.03. The van der Waals surface area contributed by atoms with Gasteiger partial charge in [-0.3, -0.25) is 0 Å². The minimum atomic E-state index is -0.307. The summed E-state index contributed by atoms with van der Waals surface area (Å²) in [5.41, 5.74) is 1.05. The van der Waals surface area contributed by atoms with Gasteiger partial charge >= 0.3 is 0 Å². The van der Waals surface area contributed by atoms with E-state index in [0.717, 1.165) is 22.5 Å². The van der Waals surface area contributed by atoms with Crippen LogP contribution in [-0.4, -0.2) is 16.1 Å². The fraction of sp³-hybridized carbons (Fsp3) is 0.600. The summed E-state index contributed by atoms with van der Waals surface area (Å²) in [6.45, 7) is 2.35. The molecule has 1 aliphatic carbocycles. The molecule has 2 rings (SSSR count). The molecule has 1 aromatic carbocycles. The molecule has 1 fully saturated rings. The van der Waals surface area contributed by atoms with Gasteiger partial charge in [-0.15, -0.1) is 0 Å². The normalized spacial score (nSPS) is 26.7. The molecule has 0 bridgehead atoms. The second-order valence-corrected chi connectivity index (χ2v) is 6.49.